The zero-order valence-electron chi connectivity index (χ0n) is 11.5. The van der Waals surface area contributed by atoms with E-state index in [2.05, 4.69) is 4.74 Å². The van der Waals surface area contributed by atoms with Crippen LogP contribution in [0, 0.1) is 34.5 Å². The van der Waals surface area contributed by atoms with E-state index >= 15 is 0 Å². The molecule has 1 rings (SSSR count). The summed E-state index contributed by atoms with van der Waals surface area (Å²) in [7, 11) is 2.42. The standard InChI is InChI=1S/C13H15N3O4/c1-4-16-7-9(12(17)19-2)10(13(18)20-3)11(16)8(5-14)6-15/h9-10H,4,7H2,1-3H3/t9-,10+/m0/s1. The number of carbonyl (C=O) groups excluding carboxylic acids is 2. The molecule has 1 aliphatic heterocycles. The molecule has 2 atom stereocenters. The molecule has 0 spiro atoms. The van der Waals surface area contributed by atoms with E-state index in [1.54, 1.807) is 24.0 Å². The summed E-state index contributed by atoms with van der Waals surface area (Å²) in [6, 6.07) is 3.52. The van der Waals surface area contributed by atoms with Crippen LogP contribution in [0.15, 0.2) is 11.3 Å². The molecule has 1 heterocycles. The molecule has 0 bridgehead atoms. The number of hydrogen-bond donors (Lipinski definition) is 0. The molecule has 1 saturated heterocycles. The van der Waals surface area contributed by atoms with E-state index in [0.29, 0.717) is 6.54 Å². The molecule has 0 aliphatic carbocycles. The highest BCUT2D eigenvalue weighted by Gasteiger charge is 2.48. The van der Waals surface area contributed by atoms with Crippen molar-refractivity contribution < 1.29 is 19.1 Å². The number of methoxy groups -OCH3 is 2. The van der Waals surface area contributed by atoms with Crippen molar-refractivity contribution >= 4 is 11.9 Å². The van der Waals surface area contributed by atoms with E-state index in [0.717, 1.165) is 0 Å². The first-order valence-electron chi connectivity index (χ1n) is 6.00. The van der Waals surface area contributed by atoms with Crippen molar-refractivity contribution in [1.29, 1.82) is 10.5 Å². The molecule has 1 aliphatic rings. The van der Waals surface area contributed by atoms with Gasteiger partial charge in [0.2, 0.25) is 0 Å². The SMILES string of the molecule is CCN1C[C@H](C(=O)OC)[C@@H](C(=O)OC)C1=C(C#N)C#N. The number of likely N-dealkylation sites (tertiary alicyclic amines) is 1. The molecule has 0 saturated carbocycles. The van der Waals surface area contributed by atoms with Gasteiger partial charge in [-0.3, -0.25) is 9.59 Å². The first-order valence-corrected chi connectivity index (χ1v) is 6.00. The molecule has 7 nitrogen and oxygen atoms in total. The van der Waals surface area contributed by atoms with Crippen molar-refractivity contribution in [3.8, 4) is 12.1 Å². The quantitative estimate of drug-likeness (QED) is 0.536. The number of nitriles is 2. The van der Waals surface area contributed by atoms with E-state index in [-0.39, 0.29) is 17.8 Å². The lowest BCUT2D eigenvalue weighted by molar-refractivity contribution is -0.154. The summed E-state index contributed by atoms with van der Waals surface area (Å²) in [5.41, 5.74) is 0.0494. The summed E-state index contributed by atoms with van der Waals surface area (Å²) in [6.45, 7) is 2.48. The summed E-state index contributed by atoms with van der Waals surface area (Å²) in [5, 5.41) is 18.1. The fourth-order valence-corrected chi connectivity index (χ4v) is 2.35. The first-order chi connectivity index (χ1) is 9.55. The van der Waals surface area contributed by atoms with E-state index < -0.39 is 23.8 Å². The second-order valence-corrected chi connectivity index (χ2v) is 4.15. The maximum Gasteiger partial charge on any atom is 0.315 e. The molecular formula is C13H15N3O4. The Morgan fingerprint density at radius 2 is 1.80 bits per heavy atom. The molecule has 0 amide bonds. The second kappa shape index (κ2) is 6.58. The molecule has 7 heteroatoms. The van der Waals surface area contributed by atoms with Crippen LogP contribution in [0.1, 0.15) is 6.92 Å². The lowest BCUT2D eigenvalue weighted by Crippen LogP contribution is -2.30. The van der Waals surface area contributed by atoms with Gasteiger partial charge in [0.1, 0.15) is 23.6 Å². The lowest BCUT2D eigenvalue weighted by atomic mass is 9.92. The van der Waals surface area contributed by atoms with Crippen LogP contribution in [-0.4, -0.2) is 44.1 Å². The van der Waals surface area contributed by atoms with Crippen LogP contribution in [0.25, 0.3) is 0 Å². The Morgan fingerprint density at radius 3 is 2.20 bits per heavy atom. The van der Waals surface area contributed by atoms with Gasteiger partial charge in [0.15, 0.2) is 0 Å². The average molecular weight is 277 g/mol. The van der Waals surface area contributed by atoms with Crippen LogP contribution in [0.2, 0.25) is 0 Å². The van der Waals surface area contributed by atoms with Gasteiger partial charge in [0.05, 0.1) is 25.8 Å². The summed E-state index contributed by atoms with van der Waals surface area (Å²) in [4.78, 5) is 25.4. The minimum absolute atomic E-state index is 0.186. The molecular weight excluding hydrogens is 262 g/mol. The topological polar surface area (TPSA) is 103 Å². The molecule has 0 N–H and O–H groups in total. The highest BCUT2D eigenvalue weighted by Crippen LogP contribution is 2.36. The number of allylic oxidation sites excluding steroid dienone is 1. The van der Waals surface area contributed by atoms with Gasteiger partial charge < -0.3 is 14.4 Å². The normalized spacial score (nSPS) is 20.9. The Hall–Kier alpha value is -2.54. The van der Waals surface area contributed by atoms with Crippen LogP contribution >= 0.6 is 0 Å². The van der Waals surface area contributed by atoms with E-state index in [1.165, 1.54) is 14.2 Å². The van der Waals surface area contributed by atoms with Gasteiger partial charge in [-0.15, -0.1) is 0 Å². The first kappa shape index (κ1) is 15.5. The number of esters is 2. The molecule has 20 heavy (non-hydrogen) atoms. The third-order valence-corrected chi connectivity index (χ3v) is 3.28. The summed E-state index contributed by atoms with van der Waals surface area (Å²) in [5.74, 6) is -2.99. The molecule has 1 fully saturated rings. The Labute approximate surface area is 117 Å². The largest absolute Gasteiger partial charge is 0.469 e. The predicted molar refractivity (Wildman–Crippen MR) is 66.5 cm³/mol. The van der Waals surface area contributed by atoms with E-state index in [9.17, 15) is 9.59 Å². The third-order valence-electron chi connectivity index (χ3n) is 3.28. The number of nitrogens with zero attached hydrogens (tertiary/aromatic N) is 3. The molecule has 0 radical (unpaired) electrons. The zero-order chi connectivity index (χ0) is 15.3. The van der Waals surface area contributed by atoms with Crippen molar-refractivity contribution in [2.24, 2.45) is 11.8 Å². The number of rotatable bonds is 3. The van der Waals surface area contributed by atoms with Crippen LogP contribution in [0.4, 0.5) is 0 Å². The smallest absolute Gasteiger partial charge is 0.315 e. The van der Waals surface area contributed by atoms with Crippen molar-refractivity contribution in [2.75, 3.05) is 27.3 Å². The van der Waals surface area contributed by atoms with Crippen LogP contribution in [0.5, 0.6) is 0 Å². The maximum atomic E-state index is 11.9. The highest BCUT2D eigenvalue weighted by atomic mass is 16.5. The van der Waals surface area contributed by atoms with Gasteiger partial charge >= 0.3 is 11.9 Å². The van der Waals surface area contributed by atoms with Crippen LogP contribution in [0.3, 0.4) is 0 Å². The minimum Gasteiger partial charge on any atom is -0.469 e. The number of hydrogen-bond acceptors (Lipinski definition) is 7. The maximum absolute atomic E-state index is 11.9. The molecule has 0 aromatic rings. The Balaban J connectivity index is 3.41. The number of ether oxygens (including phenoxy) is 2. The fourth-order valence-electron chi connectivity index (χ4n) is 2.35. The summed E-state index contributed by atoms with van der Waals surface area (Å²) >= 11 is 0. The third kappa shape index (κ3) is 2.57. The highest BCUT2D eigenvalue weighted by molar-refractivity contribution is 5.86. The van der Waals surface area contributed by atoms with Gasteiger partial charge in [-0.05, 0) is 6.92 Å². The Bertz CT molecular complexity index is 511. The van der Waals surface area contributed by atoms with Crippen molar-refractivity contribution in [1.82, 2.24) is 4.90 Å². The van der Waals surface area contributed by atoms with Gasteiger partial charge in [-0.1, -0.05) is 0 Å². The lowest BCUT2D eigenvalue weighted by Gasteiger charge is -2.19. The zero-order valence-corrected chi connectivity index (χ0v) is 11.5. The van der Waals surface area contributed by atoms with Gasteiger partial charge in [0.25, 0.3) is 0 Å². The Morgan fingerprint density at radius 1 is 1.25 bits per heavy atom. The van der Waals surface area contributed by atoms with Crippen molar-refractivity contribution in [3.05, 3.63) is 11.3 Å². The fraction of sp³-hybridized carbons (Fsp3) is 0.538. The molecule has 0 unspecified atom stereocenters. The average Bonchev–Trinajstić information content (AvgIpc) is 2.86. The monoisotopic (exact) mass is 277 g/mol. The molecule has 0 aromatic carbocycles. The minimum atomic E-state index is -0.985. The summed E-state index contributed by atoms with van der Waals surface area (Å²) < 4.78 is 9.38. The summed E-state index contributed by atoms with van der Waals surface area (Å²) in [6.07, 6.45) is 0. The molecule has 0 aromatic heterocycles. The second-order valence-electron chi connectivity index (χ2n) is 4.15. The van der Waals surface area contributed by atoms with E-state index in [1.807, 2.05) is 0 Å². The molecule has 106 valence electrons. The van der Waals surface area contributed by atoms with Crippen LogP contribution < -0.4 is 0 Å². The van der Waals surface area contributed by atoms with E-state index in [4.69, 9.17) is 15.3 Å². The van der Waals surface area contributed by atoms with Gasteiger partial charge in [0, 0.05) is 13.1 Å². The van der Waals surface area contributed by atoms with Gasteiger partial charge in [-0.25, -0.2) is 0 Å². The van der Waals surface area contributed by atoms with Gasteiger partial charge in [-0.2, -0.15) is 10.5 Å². The van der Waals surface area contributed by atoms with Crippen molar-refractivity contribution in [3.63, 3.8) is 0 Å². The predicted octanol–water partition coefficient (Wildman–Crippen LogP) is 0.202. The van der Waals surface area contributed by atoms with Crippen LogP contribution in [-0.2, 0) is 19.1 Å². The number of carbonyl (C=O) groups is 2. The Kier molecular flexibility index (Phi) is 5.10. The van der Waals surface area contributed by atoms with Crippen molar-refractivity contribution in [2.45, 2.75) is 6.92 Å².